The lowest BCUT2D eigenvalue weighted by atomic mass is 10.2. The molecule has 0 saturated heterocycles. The van der Waals surface area contributed by atoms with Crippen molar-refractivity contribution in [3.05, 3.63) is 12.7 Å². The minimum atomic E-state index is -3.57. The Morgan fingerprint density at radius 2 is 2.12 bits per heavy atom. The molecule has 0 radical (unpaired) electrons. The van der Waals surface area contributed by atoms with Crippen LogP contribution in [0.25, 0.3) is 0 Å². The van der Waals surface area contributed by atoms with Crippen molar-refractivity contribution in [1.29, 1.82) is 0 Å². The average molecular weight is 244 g/mol. The number of sulfonamides is 1. The molecule has 2 rings (SSSR count). The standard InChI is InChI=1S/C10H16N2O3S/c1-3-7-6-10(7,11)8(13)12-16(14,15)9(2)4-5-9/h3,7H,1,4-6,11H2,2H3,(H,12,13)/t7-,10?/m0/s1. The van der Waals surface area contributed by atoms with Gasteiger partial charge in [0.15, 0.2) is 0 Å². The summed E-state index contributed by atoms with van der Waals surface area (Å²) in [5.74, 6) is -0.722. The number of nitrogens with one attached hydrogen (secondary N) is 1. The highest BCUT2D eigenvalue weighted by molar-refractivity contribution is 7.91. The summed E-state index contributed by atoms with van der Waals surface area (Å²) in [5, 5.41) is 0. The van der Waals surface area contributed by atoms with Gasteiger partial charge < -0.3 is 5.73 Å². The molecule has 0 spiro atoms. The first kappa shape index (κ1) is 11.6. The number of hydrogen-bond donors (Lipinski definition) is 2. The Kier molecular flexibility index (Phi) is 2.23. The smallest absolute Gasteiger partial charge is 0.254 e. The topological polar surface area (TPSA) is 89.3 Å². The molecule has 1 unspecified atom stereocenters. The molecule has 16 heavy (non-hydrogen) atoms. The van der Waals surface area contributed by atoms with Crippen molar-refractivity contribution in [3.8, 4) is 0 Å². The molecule has 2 atom stereocenters. The van der Waals surface area contributed by atoms with Crippen LogP contribution >= 0.6 is 0 Å². The van der Waals surface area contributed by atoms with E-state index in [1.54, 1.807) is 13.0 Å². The minimum Gasteiger partial charge on any atom is -0.317 e. The maximum Gasteiger partial charge on any atom is 0.254 e. The number of carbonyl (C=O) groups excluding carboxylic acids is 1. The van der Waals surface area contributed by atoms with Crippen LogP contribution in [0, 0.1) is 5.92 Å². The van der Waals surface area contributed by atoms with E-state index in [1.807, 2.05) is 0 Å². The van der Waals surface area contributed by atoms with Crippen molar-refractivity contribution < 1.29 is 13.2 Å². The van der Waals surface area contributed by atoms with E-state index in [0.717, 1.165) is 0 Å². The molecule has 0 aliphatic heterocycles. The molecule has 2 aliphatic carbocycles. The van der Waals surface area contributed by atoms with Crippen molar-refractivity contribution in [3.63, 3.8) is 0 Å². The molecule has 0 aromatic carbocycles. The molecule has 0 heterocycles. The van der Waals surface area contributed by atoms with Crippen LogP contribution in [0.15, 0.2) is 12.7 Å². The second kappa shape index (κ2) is 3.07. The zero-order valence-corrected chi connectivity index (χ0v) is 10.0. The summed E-state index contributed by atoms with van der Waals surface area (Å²) in [6.45, 7) is 5.18. The Labute approximate surface area is 95.1 Å². The summed E-state index contributed by atoms with van der Waals surface area (Å²) in [7, 11) is -3.57. The lowest BCUT2D eigenvalue weighted by Gasteiger charge is -2.15. The van der Waals surface area contributed by atoms with E-state index in [2.05, 4.69) is 11.3 Å². The first-order valence-electron chi connectivity index (χ1n) is 5.23. The molecule has 2 saturated carbocycles. The van der Waals surface area contributed by atoms with Gasteiger partial charge in [-0.25, -0.2) is 8.42 Å². The number of rotatable bonds is 4. The van der Waals surface area contributed by atoms with E-state index in [-0.39, 0.29) is 5.92 Å². The van der Waals surface area contributed by atoms with E-state index in [1.165, 1.54) is 0 Å². The largest absolute Gasteiger partial charge is 0.317 e. The fourth-order valence-corrected chi connectivity index (χ4v) is 2.96. The fourth-order valence-electron chi connectivity index (χ4n) is 1.64. The average Bonchev–Trinajstić information content (AvgIpc) is 3.04. The highest BCUT2D eigenvalue weighted by atomic mass is 32.2. The summed E-state index contributed by atoms with van der Waals surface area (Å²) in [5.41, 5.74) is 4.70. The first-order chi connectivity index (χ1) is 7.25. The molecular formula is C10H16N2O3S. The van der Waals surface area contributed by atoms with E-state index in [9.17, 15) is 13.2 Å². The van der Waals surface area contributed by atoms with Gasteiger partial charge in [-0.2, -0.15) is 0 Å². The molecule has 90 valence electrons. The summed E-state index contributed by atoms with van der Waals surface area (Å²) in [6, 6.07) is 0. The van der Waals surface area contributed by atoms with Crippen LogP contribution in [0.3, 0.4) is 0 Å². The molecule has 6 heteroatoms. The lowest BCUT2D eigenvalue weighted by Crippen LogP contribution is -2.49. The van der Waals surface area contributed by atoms with Crippen molar-refractivity contribution >= 4 is 15.9 Å². The Morgan fingerprint density at radius 3 is 2.50 bits per heavy atom. The molecule has 0 bridgehead atoms. The van der Waals surface area contributed by atoms with Gasteiger partial charge in [-0.1, -0.05) is 6.08 Å². The minimum absolute atomic E-state index is 0.116. The summed E-state index contributed by atoms with van der Waals surface area (Å²) in [4.78, 5) is 11.7. The predicted molar refractivity (Wildman–Crippen MR) is 59.9 cm³/mol. The summed E-state index contributed by atoms with van der Waals surface area (Å²) >= 11 is 0. The zero-order valence-electron chi connectivity index (χ0n) is 9.19. The molecule has 5 nitrogen and oxygen atoms in total. The van der Waals surface area contributed by atoms with Gasteiger partial charge >= 0.3 is 0 Å². The Morgan fingerprint density at radius 1 is 1.56 bits per heavy atom. The van der Waals surface area contributed by atoms with Gasteiger partial charge in [-0.05, 0) is 26.2 Å². The third kappa shape index (κ3) is 1.56. The van der Waals surface area contributed by atoms with Crippen LogP contribution in [-0.4, -0.2) is 24.6 Å². The number of nitrogens with two attached hydrogens (primary N) is 1. The van der Waals surface area contributed by atoms with Gasteiger partial charge in [0.05, 0.1) is 4.75 Å². The monoisotopic (exact) mass is 244 g/mol. The van der Waals surface area contributed by atoms with Crippen LogP contribution in [-0.2, 0) is 14.8 Å². The van der Waals surface area contributed by atoms with Crippen LogP contribution in [0.2, 0.25) is 0 Å². The van der Waals surface area contributed by atoms with Gasteiger partial charge in [0.2, 0.25) is 10.0 Å². The van der Waals surface area contributed by atoms with Crippen molar-refractivity contribution in [1.82, 2.24) is 4.72 Å². The van der Waals surface area contributed by atoms with Gasteiger partial charge in [0.25, 0.3) is 5.91 Å². The normalized spacial score (nSPS) is 35.2. The quantitative estimate of drug-likeness (QED) is 0.675. The van der Waals surface area contributed by atoms with Crippen molar-refractivity contribution in [2.75, 3.05) is 0 Å². The highest BCUT2D eigenvalue weighted by Crippen LogP contribution is 2.45. The predicted octanol–water partition coefficient (Wildman–Crippen LogP) is -0.112. The molecule has 1 amide bonds. The van der Waals surface area contributed by atoms with Gasteiger partial charge in [-0.15, -0.1) is 6.58 Å². The van der Waals surface area contributed by atoms with Crippen molar-refractivity contribution in [2.24, 2.45) is 11.7 Å². The molecule has 2 fully saturated rings. The summed E-state index contributed by atoms with van der Waals surface area (Å²) in [6.07, 6.45) is 3.25. The number of carbonyl (C=O) groups is 1. The molecule has 3 N–H and O–H groups in total. The Balaban J connectivity index is 2.07. The third-order valence-electron chi connectivity index (χ3n) is 3.60. The fraction of sp³-hybridized carbons (Fsp3) is 0.700. The Bertz CT molecular complexity index is 453. The van der Waals surface area contributed by atoms with Crippen LogP contribution in [0.4, 0.5) is 0 Å². The second-order valence-corrected chi connectivity index (χ2v) is 7.17. The van der Waals surface area contributed by atoms with Gasteiger partial charge in [-0.3, -0.25) is 9.52 Å². The van der Waals surface area contributed by atoms with E-state index >= 15 is 0 Å². The first-order valence-corrected chi connectivity index (χ1v) is 6.72. The SMILES string of the molecule is C=C[C@H]1CC1(N)C(=O)NS(=O)(=O)C1(C)CC1. The second-order valence-electron chi connectivity index (χ2n) is 4.97. The molecule has 2 aliphatic rings. The van der Waals surface area contributed by atoms with Crippen LogP contribution < -0.4 is 10.5 Å². The number of hydrogen-bond acceptors (Lipinski definition) is 4. The maximum atomic E-state index is 11.8. The third-order valence-corrected chi connectivity index (χ3v) is 5.76. The van der Waals surface area contributed by atoms with Crippen LogP contribution in [0.1, 0.15) is 26.2 Å². The Hall–Kier alpha value is -0.880. The molecular weight excluding hydrogens is 228 g/mol. The maximum absolute atomic E-state index is 11.8. The van der Waals surface area contributed by atoms with E-state index < -0.39 is 26.2 Å². The summed E-state index contributed by atoms with van der Waals surface area (Å²) < 4.78 is 24.9. The van der Waals surface area contributed by atoms with Gasteiger partial charge in [0, 0.05) is 5.92 Å². The number of amides is 1. The molecule has 0 aromatic heterocycles. The van der Waals surface area contributed by atoms with Gasteiger partial charge in [0.1, 0.15) is 5.54 Å². The lowest BCUT2D eigenvalue weighted by molar-refractivity contribution is -0.121. The molecule has 0 aromatic rings. The zero-order chi connectivity index (χ0) is 12.2. The van der Waals surface area contributed by atoms with E-state index in [0.29, 0.717) is 19.3 Å². The van der Waals surface area contributed by atoms with E-state index in [4.69, 9.17) is 5.73 Å². The van der Waals surface area contributed by atoms with Crippen LogP contribution in [0.5, 0.6) is 0 Å². The van der Waals surface area contributed by atoms with Crippen molar-refractivity contribution in [2.45, 2.75) is 36.5 Å². The highest BCUT2D eigenvalue weighted by Gasteiger charge is 2.58.